The third-order valence-corrected chi connectivity index (χ3v) is 4.74. The molecule has 1 aromatic carbocycles. The molecule has 1 N–H and O–H groups in total. The molecule has 0 aliphatic carbocycles. The van der Waals surface area contributed by atoms with E-state index in [1.54, 1.807) is 7.11 Å². The topological polar surface area (TPSA) is 38.3 Å². The summed E-state index contributed by atoms with van der Waals surface area (Å²) >= 11 is 0. The molecule has 0 aromatic heterocycles. The predicted octanol–water partition coefficient (Wildman–Crippen LogP) is 1.87. The Morgan fingerprint density at radius 1 is 1.33 bits per heavy atom. The number of hydrogen-bond acceptors (Lipinski definition) is 3. The molecule has 0 radical (unpaired) electrons. The fourth-order valence-electron chi connectivity index (χ4n) is 2.34. The molecule has 1 aliphatic heterocycles. The van der Waals surface area contributed by atoms with Crippen molar-refractivity contribution in [3.8, 4) is 0 Å². The van der Waals surface area contributed by atoms with Gasteiger partial charge in [0.05, 0.1) is 12.6 Å². The van der Waals surface area contributed by atoms with Crippen LogP contribution in [0.25, 0.3) is 0 Å². The highest BCUT2D eigenvalue weighted by Gasteiger charge is 2.21. The Kier molecular flexibility index (Phi) is 5.35. The van der Waals surface area contributed by atoms with Crippen molar-refractivity contribution >= 4 is 10.8 Å². The fraction of sp³-hybridized carbons (Fsp3) is 0.571. The van der Waals surface area contributed by atoms with Gasteiger partial charge >= 0.3 is 0 Å². The van der Waals surface area contributed by atoms with Gasteiger partial charge in [0.25, 0.3) is 0 Å². The van der Waals surface area contributed by atoms with Gasteiger partial charge in [0.1, 0.15) is 0 Å². The van der Waals surface area contributed by atoms with Gasteiger partial charge in [-0.05, 0) is 18.4 Å². The lowest BCUT2D eigenvalue weighted by molar-refractivity contribution is 0.159. The van der Waals surface area contributed by atoms with Crippen LogP contribution < -0.4 is 5.32 Å². The van der Waals surface area contributed by atoms with Crippen LogP contribution in [0.5, 0.6) is 0 Å². The van der Waals surface area contributed by atoms with Crippen LogP contribution in [-0.4, -0.2) is 35.5 Å². The van der Waals surface area contributed by atoms with E-state index in [4.69, 9.17) is 4.74 Å². The van der Waals surface area contributed by atoms with Gasteiger partial charge in [-0.25, -0.2) is 0 Å². The highest BCUT2D eigenvalue weighted by atomic mass is 32.2. The summed E-state index contributed by atoms with van der Waals surface area (Å²) < 4.78 is 16.6. The number of methoxy groups -OCH3 is 1. The maximum Gasteiger partial charge on any atom is 0.0657 e. The Morgan fingerprint density at radius 3 is 2.61 bits per heavy atom. The minimum Gasteiger partial charge on any atom is -0.383 e. The Hall–Kier alpha value is -0.710. The molecule has 1 atom stereocenters. The van der Waals surface area contributed by atoms with Crippen molar-refractivity contribution in [2.45, 2.75) is 24.9 Å². The second-order valence-corrected chi connectivity index (χ2v) is 6.40. The molecule has 0 amide bonds. The standard InChI is InChI=1S/C14H21NO2S/c1-17-11-14(12-5-3-2-4-6-12)15-13-7-9-18(16)10-8-13/h2-6,13-15H,7-11H2,1H3. The fourth-order valence-corrected chi connectivity index (χ4v) is 3.64. The first-order valence-corrected chi connectivity index (χ1v) is 7.93. The van der Waals surface area contributed by atoms with E-state index in [1.807, 2.05) is 6.07 Å². The SMILES string of the molecule is COCC(NC1CCS(=O)CC1)c1ccccc1. The van der Waals surface area contributed by atoms with Crippen molar-refractivity contribution in [1.29, 1.82) is 0 Å². The maximum absolute atomic E-state index is 11.3. The number of rotatable bonds is 5. The molecular formula is C14H21NO2S. The first kappa shape index (κ1) is 13.7. The summed E-state index contributed by atoms with van der Waals surface area (Å²) in [5.74, 6) is 1.65. The number of ether oxygens (including phenoxy) is 1. The van der Waals surface area contributed by atoms with Crippen LogP contribution >= 0.6 is 0 Å². The molecule has 18 heavy (non-hydrogen) atoms. The second kappa shape index (κ2) is 7.02. The van der Waals surface area contributed by atoms with Gasteiger partial charge < -0.3 is 10.1 Å². The lowest BCUT2D eigenvalue weighted by atomic mass is 10.0. The summed E-state index contributed by atoms with van der Waals surface area (Å²) in [6.45, 7) is 0.670. The predicted molar refractivity (Wildman–Crippen MR) is 75.1 cm³/mol. The quantitative estimate of drug-likeness (QED) is 0.885. The third-order valence-electron chi connectivity index (χ3n) is 3.36. The van der Waals surface area contributed by atoms with Crippen molar-refractivity contribution < 1.29 is 8.95 Å². The van der Waals surface area contributed by atoms with Gasteiger partial charge in [-0.15, -0.1) is 0 Å². The highest BCUT2D eigenvalue weighted by Crippen LogP contribution is 2.17. The van der Waals surface area contributed by atoms with Crippen molar-refractivity contribution in [2.75, 3.05) is 25.2 Å². The van der Waals surface area contributed by atoms with Gasteiger partial charge in [0, 0.05) is 35.5 Å². The molecular weight excluding hydrogens is 246 g/mol. The van der Waals surface area contributed by atoms with Crippen LogP contribution in [0.15, 0.2) is 30.3 Å². The molecule has 1 aliphatic rings. The molecule has 0 saturated carbocycles. The number of hydrogen-bond donors (Lipinski definition) is 1. The summed E-state index contributed by atoms with van der Waals surface area (Å²) in [7, 11) is 1.13. The van der Waals surface area contributed by atoms with Gasteiger partial charge in [-0.2, -0.15) is 0 Å². The van der Waals surface area contributed by atoms with Gasteiger partial charge in [-0.3, -0.25) is 4.21 Å². The van der Waals surface area contributed by atoms with E-state index < -0.39 is 10.8 Å². The Bertz CT molecular complexity index is 373. The zero-order valence-electron chi connectivity index (χ0n) is 10.8. The third kappa shape index (κ3) is 3.90. The largest absolute Gasteiger partial charge is 0.383 e. The summed E-state index contributed by atoms with van der Waals surface area (Å²) in [6.07, 6.45) is 2.00. The molecule has 3 nitrogen and oxygen atoms in total. The normalized spacial score (nSPS) is 25.8. The molecule has 1 aromatic rings. The summed E-state index contributed by atoms with van der Waals surface area (Å²) in [5.41, 5.74) is 1.26. The van der Waals surface area contributed by atoms with Crippen LogP contribution in [0.1, 0.15) is 24.4 Å². The van der Waals surface area contributed by atoms with Crippen molar-refractivity contribution in [1.82, 2.24) is 5.32 Å². The molecule has 4 heteroatoms. The van der Waals surface area contributed by atoms with E-state index in [1.165, 1.54) is 5.56 Å². The molecule has 1 fully saturated rings. The number of nitrogens with one attached hydrogen (secondary N) is 1. The maximum atomic E-state index is 11.3. The monoisotopic (exact) mass is 267 g/mol. The highest BCUT2D eigenvalue weighted by molar-refractivity contribution is 7.85. The van der Waals surface area contributed by atoms with Crippen molar-refractivity contribution in [2.24, 2.45) is 0 Å². The molecule has 1 unspecified atom stereocenters. The minimum absolute atomic E-state index is 0.229. The lowest BCUT2D eigenvalue weighted by Gasteiger charge is -2.28. The van der Waals surface area contributed by atoms with E-state index in [-0.39, 0.29) is 6.04 Å². The molecule has 100 valence electrons. The van der Waals surface area contributed by atoms with Gasteiger partial charge in [0.2, 0.25) is 0 Å². The van der Waals surface area contributed by atoms with Crippen LogP contribution in [-0.2, 0) is 15.5 Å². The van der Waals surface area contributed by atoms with E-state index in [0.29, 0.717) is 12.6 Å². The van der Waals surface area contributed by atoms with E-state index in [2.05, 4.69) is 29.6 Å². The smallest absolute Gasteiger partial charge is 0.0657 e. The van der Waals surface area contributed by atoms with E-state index in [0.717, 1.165) is 24.3 Å². The summed E-state index contributed by atoms with van der Waals surface area (Å²) in [4.78, 5) is 0. The summed E-state index contributed by atoms with van der Waals surface area (Å²) in [6, 6.07) is 11.1. The average molecular weight is 267 g/mol. The number of benzene rings is 1. The first-order chi connectivity index (χ1) is 8.79. The van der Waals surface area contributed by atoms with Gasteiger partial charge in [0.15, 0.2) is 0 Å². The Morgan fingerprint density at radius 2 is 2.00 bits per heavy atom. The zero-order chi connectivity index (χ0) is 12.8. The van der Waals surface area contributed by atoms with Crippen LogP contribution in [0.3, 0.4) is 0 Å². The van der Waals surface area contributed by atoms with Crippen LogP contribution in [0, 0.1) is 0 Å². The van der Waals surface area contributed by atoms with Crippen LogP contribution in [0.2, 0.25) is 0 Å². The van der Waals surface area contributed by atoms with E-state index in [9.17, 15) is 4.21 Å². The zero-order valence-corrected chi connectivity index (χ0v) is 11.6. The molecule has 0 bridgehead atoms. The Labute approximate surface area is 111 Å². The lowest BCUT2D eigenvalue weighted by Crippen LogP contribution is -2.39. The Balaban J connectivity index is 1.96. The van der Waals surface area contributed by atoms with Crippen LogP contribution in [0.4, 0.5) is 0 Å². The average Bonchev–Trinajstić information content (AvgIpc) is 2.42. The first-order valence-electron chi connectivity index (χ1n) is 6.44. The van der Waals surface area contributed by atoms with E-state index >= 15 is 0 Å². The molecule has 1 heterocycles. The molecule has 0 spiro atoms. The minimum atomic E-state index is -0.595. The molecule has 2 rings (SSSR count). The second-order valence-electron chi connectivity index (χ2n) is 4.71. The van der Waals surface area contributed by atoms with Gasteiger partial charge in [-0.1, -0.05) is 30.3 Å². The van der Waals surface area contributed by atoms with Crippen molar-refractivity contribution in [3.63, 3.8) is 0 Å². The molecule has 1 saturated heterocycles. The van der Waals surface area contributed by atoms with Crippen molar-refractivity contribution in [3.05, 3.63) is 35.9 Å². The summed E-state index contributed by atoms with van der Waals surface area (Å²) in [5, 5.41) is 3.63.